The third kappa shape index (κ3) is 4.18. The fraction of sp³-hybridized carbons (Fsp3) is 0.273. The summed E-state index contributed by atoms with van der Waals surface area (Å²) < 4.78 is 22.2. The summed E-state index contributed by atoms with van der Waals surface area (Å²) in [6.45, 7) is 1.44. The maximum atomic E-state index is 11.4. The second kappa shape index (κ2) is 8.68. The molecular formula is C22H22O7. The fourth-order valence-corrected chi connectivity index (χ4v) is 3.37. The first-order valence-corrected chi connectivity index (χ1v) is 8.99. The maximum absolute atomic E-state index is 11.4. The Hall–Kier alpha value is -3.48. The van der Waals surface area contributed by atoms with E-state index in [1.165, 1.54) is 33.3 Å². The molecular weight excluding hydrogens is 376 g/mol. The molecule has 0 radical (unpaired) electrons. The van der Waals surface area contributed by atoms with Crippen LogP contribution in [-0.2, 0) is 14.3 Å². The molecule has 2 atom stereocenters. The van der Waals surface area contributed by atoms with Crippen LogP contribution in [0.5, 0.6) is 23.0 Å². The number of esters is 1. The van der Waals surface area contributed by atoms with E-state index in [1.54, 1.807) is 24.3 Å². The van der Waals surface area contributed by atoms with Crippen LogP contribution in [0.1, 0.15) is 35.6 Å². The SMILES string of the molecule is COc1cc([C@@H]2Oc3c(OC)cc(/C=C/C=O)cc3[C@H]2COC(C)=O)ccc1O. The van der Waals surface area contributed by atoms with E-state index in [4.69, 9.17) is 18.9 Å². The van der Waals surface area contributed by atoms with Gasteiger partial charge in [0.25, 0.3) is 0 Å². The van der Waals surface area contributed by atoms with Gasteiger partial charge in [-0.05, 0) is 41.5 Å². The van der Waals surface area contributed by atoms with Crippen molar-refractivity contribution in [1.29, 1.82) is 0 Å². The minimum atomic E-state index is -0.488. The van der Waals surface area contributed by atoms with Gasteiger partial charge < -0.3 is 24.1 Å². The molecule has 0 unspecified atom stereocenters. The first-order valence-electron chi connectivity index (χ1n) is 8.99. The molecule has 3 rings (SSSR count). The van der Waals surface area contributed by atoms with Crippen molar-refractivity contribution in [1.82, 2.24) is 0 Å². The third-order valence-corrected chi connectivity index (χ3v) is 4.70. The van der Waals surface area contributed by atoms with Crippen LogP contribution in [0.2, 0.25) is 0 Å². The van der Waals surface area contributed by atoms with Crippen molar-refractivity contribution >= 4 is 18.3 Å². The van der Waals surface area contributed by atoms with E-state index in [9.17, 15) is 14.7 Å². The molecule has 0 saturated heterocycles. The van der Waals surface area contributed by atoms with Crippen LogP contribution in [-0.4, -0.2) is 38.2 Å². The second-order valence-electron chi connectivity index (χ2n) is 6.52. The lowest BCUT2D eigenvalue weighted by Gasteiger charge is -2.20. The van der Waals surface area contributed by atoms with Gasteiger partial charge in [-0.3, -0.25) is 9.59 Å². The largest absolute Gasteiger partial charge is 0.504 e. The van der Waals surface area contributed by atoms with E-state index in [0.717, 1.165) is 16.7 Å². The van der Waals surface area contributed by atoms with Gasteiger partial charge in [-0.15, -0.1) is 0 Å². The van der Waals surface area contributed by atoms with Crippen molar-refractivity contribution in [2.45, 2.75) is 18.9 Å². The summed E-state index contributed by atoms with van der Waals surface area (Å²) in [6.07, 6.45) is 3.26. The normalized spacial score (nSPS) is 17.5. The minimum absolute atomic E-state index is 0.0159. The number of aldehydes is 1. The first-order chi connectivity index (χ1) is 14.0. The van der Waals surface area contributed by atoms with Gasteiger partial charge in [-0.25, -0.2) is 0 Å². The summed E-state index contributed by atoms with van der Waals surface area (Å²) in [6, 6.07) is 8.59. The average molecular weight is 398 g/mol. The predicted octanol–water partition coefficient (Wildman–Crippen LogP) is 3.40. The standard InChI is InChI=1S/C22H22O7/c1-13(24)28-12-17-16-9-14(5-4-8-23)10-20(27-3)22(16)29-21(17)15-6-7-18(25)19(11-15)26-2/h4-11,17,21,25H,12H2,1-3H3/b5-4+/t17-,21+/m1/s1. The molecule has 0 bridgehead atoms. The Morgan fingerprint density at radius 3 is 2.59 bits per heavy atom. The average Bonchev–Trinajstić information content (AvgIpc) is 3.08. The number of aromatic hydroxyl groups is 1. The number of fused-ring (bicyclic) bond motifs is 1. The lowest BCUT2D eigenvalue weighted by atomic mass is 9.90. The van der Waals surface area contributed by atoms with Gasteiger partial charge in [0, 0.05) is 12.5 Å². The second-order valence-corrected chi connectivity index (χ2v) is 6.52. The number of carbonyl (C=O) groups excluding carboxylic acids is 2. The lowest BCUT2D eigenvalue weighted by molar-refractivity contribution is -0.141. The molecule has 29 heavy (non-hydrogen) atoms. The lowest BCUT2D eigenvalue weighted by Crippen LogP contribution is -2.17. The number of benzene rings is 2. The molecule has 152 valence electrons. The molecule has 1 aliphatic rings. The number of rotatable bonds is 7. The molecule has 7 nitrogen and oxygen atoms in total. The monoisotopic (exact) mass is 398 g/mol. The highest BCUT2D eigenvalue weighted by atomic mass is 16.5. The summed E-state index contributed by atoms with van der Waals surface area (Å²) in [4.78, 5) is 22.1. The number of carbonyl (C=O) groups is 2. The van der Waals surface area contributed by atoms with Crippen molar-refractivity contribution in [3.63, 3.8) is 0 Å². The van der Waals surface area contributed by atoms with Crippen molar-refractivity contribution in [2.24, 2.45) is 0 Å². The van der Waals surface area contributed by atoms with E-state index in [0.29, 0.717) is 23.5 Å². The maximum Gasteiger partial charge on any atom is 0.302 e. The summed E-state index contributed by atoms with van der Waals surface area (Å²) >= 11 is 0. The van der Waals surface area contributed by atoms with Crippen molar-refractivity contribution in [3.05, 3.63) is 53.1 Å². The van der Waals surface area contributed by atoms with Gasteiger partial charge in [-0.1, -0.05) is 12.1 Å². The first kappa shape index (κ1) is 20.3. The molecule has 0 saturated carbocycles. The Morgan fingerprint density at radius 1 is 1.17 bits per heavy atom. The Morgan fingerprint density at radius 2 is 1.93 bits per heavy atom. The van der Waals surface area contributed by atoms with E-state index < -0.39 is 12.1 Å². The Bertz CT molecular complexity index is 948. The Balaban J connectivity index is 2.08. The highest BCUT2D eigenvalue weighted by molar-refractivity contribution is 5.75. The number of hydrogen-bond donors (Lipinski definition) is 1. The van der Waals surface area contributed by atoms with Gasteiger partial charge in [-0.2, -0.15) is 0 Å². The van der Waals surface area contributed by atoms with Crippen molar-refractivity contribution < 1.29 is 33.6 Å². The molecule has 0 amide bonds. The summed E-state index contributed by atoms with van der Waals surface area (Å²) in [5, 5.41) is 9.90. The third-order valence-electron chi connectivity index (χ3n) is 4.70. The molecule has 0 spiro atoms. The van der Waals surface area contributed by atoms with Gasteiger partial charge in [0.05, 0.1) is 20.1 Å². The van der Waals surface area contributed by atoms with Crippen LogP contribution in [0.15, 0.2) is 36.4 Å². The Kier molecular flexibility index (Phi) is 6.07. The van der Waals surface area contributed by atoms with Gasteiger partial charge in [0.1, 0.15) is 19.0 Å². The highest BCUT2D eigenvalue weighted by Crippen LogP contribution is 2.51. The van der Waals surface area contributed by atoms with Crippen molar-refractivity contribution in [3.8, 4) is 23.0 Å². The van der Waals surface area contributed by atoms with E-state index in [1.807, 2.05) is 6.07 Å². The number of phenolic OH excluding ortho intramolecular Hbond substituents is 1. The smallest absolute Gasteiger partial charge is 0.302 e. The van der Waals surface area contributed by atoms with E-state index in [-0.39, 0.29) is 18.3 Å². The minimum Gasteiger partial charge on any atom is -0.504 e. The number of hydrogen-bond acceptors (Lipinski definition) is 7. The number of methoxy groups -OCH3 is 2. The van der Waals surface area contributed by atoms with Crippen LogP contribution in [0, 0.1) is 0 Å². The van der Waals surface area contributed by atoms with Gasteiger partial charge in [0.2, 0.25) is 0 Å². The van der Waals surface area contributed by atoms with E-state index in [2.05, 4.69) is 0 Å². The summed E-state index contributed by atoms with van der Waals surface area (Å²) in [5.74, 6) is 0.669. The number of ether oxygens (including phenoxy) is 4. The zero-order valence-electron chi connectivity index (χ0n) is 16.4. The molecule has 1 aliphatic heterocycles. The number of phenols is 1. The van der Waals surface area contributed by atoms with Crippen LogP contribution in [0.3, 0.4) is 0 Å². The van der Waals surface area contributed by atoms with Crippen LogP contribution < -0.4 is 14.2 Å². The summed E-state index contributed by atoms with van der Waals surface area (Å²) in [5.41, 5.74) is 2.31. The topological polar surface area (TPSA) is 91.3 Å². The zero-order chi connectivity index (χ0) is 21.0. The number of allylic oxidation sites excluding steroid dienone is 1. The molecule has 0 aromatic heterocycles. The fourth-order valence-electron chi connectivity index (χ4n) is 3.37. The molecule has 7 heteroatoms. The Labute approximate surface area is 168 Å². The highest BCUT2D eigenvalue weighted by Gasteiger charge is 2.39. The molecule has 0 fully saturated rings. The molecule has 1 heterocycles. The summed E-state index contributed by atoms with van der Waals surface area (Å²) in [7, 11) is 3.00. The van der Waals surface area contributed by atoms with Crippen LogP contribution in [0.25, 0.3) is 6.08 Å². The van der Waals surface area contributed by atoms with Crippen molar-refractivity contribution in [2.75, 3.05) is 20.8 Å². The van der Waals surface area contributed by atoms with E-state index >= 15 is 0 Å². The quantitative estimate of drug-likeness (QED) is 0.434. The molecule has 2 aromatic rings. The van der Waals surface area contributed by atoms with Crippen LogP contribution >= 0.6 is 0 Å². The van der Waals surface area contributed by atoms with Crippen LogP contribution in [0.4, 0.5) is 0 Å². The zero-order valence-corrected chi connectivity index (χ0v) is 16.4. The molecule has 2 aromatic carbocycles. The predicted molar refractivity (Wildman–Crippen MR) is 105 cm³/mol. The van der Waals surface area contributed by atoms with Gasteiger partial charge in [0.15, 0.2) is 23.0 Å². The van der Waals surface area contributed by atoms with Gasteiger partial charge >= 0.3 is 5.97 Å². The molecule has 0 aliphatic carbocycles. The molecule has 1 N–H and O–H groups in total.